The molecule has 2 N–H and O–H groups in total. The molecule has 0 aliphatic carbocycles. The van der Waals surface area contributed by atoms with Crippen LogP contribution in [-0.2, 0) is 75.1 Å². The fraction of sp³-hybridized carbons (Fsp3) is 0.360. The summed E-state index contributed by atoms with van der Waals surface area (Å²) in [5.41, 5.74) is -3.37. The second-order valence-corrected chi connectivity index (χ2v) is 19.3. The van der Waals surface area contributed by atoms with Crippen LogP contribution in [0.4, 0.5) is 26.3 Å². The molecule has 0 fully saturated rings. The van der Waals surface area contributed by atoms with Gasteiger partial charge in [0, 0.05) is 68.0 Å². The molecule has 0 aliphatic heterocycles. The molecule has 426 valence electrons. The quantitative estimate of drug-likeness (QED) is 0.0505. The number of nitrogens with one attached hydrogen (secondary N) is 2. The van der Waals surface area contributed by atoms with E-state index in [-0.39, 0.29) is 40.7 Å². The van der Waals surface area contributed by atoms with Crippen LogP contribution >= 0.6 is 0 Å². The van der Waals surface area contributed by atoms with Gasteiger partial charge < -0.3 is 38.0 Å². The number of carbonyl (C=O) groups excluding carboxylic acids is 2. The average Bonchev–Trinajstić information content (AvgIpc) is 4.13. The minimum Gasteiger partial charge on any atom is -0.741 e. The molecule has 0 saturated carbocycles. The Balaban J connectivity index is 0.000000391. The van der Waals surface area contributed by atoms with Crippen molar-refractivity contribution in [2.75, 3.05) is 13.1 Å². The Kier molecular flexibility index (Phi) is 25.8. The number of halogens is 6. The predicted molar refractivity (Wildman–Crippen MR) is 276 cm³/mol. The van der Waals surface area contributed by atoms with Gasteiger partial charge in [-0.3, -0.25) is 9.59 Å². The van der Waals surface area contributed by atoms with Crippen LogP contribution in [0.2, 0.25) is 0 Å². The van der Waals surface area contributed by atoms with E-state index in [4.69, 9.17) is 56.4 Å². The fourth-order valence-electron chi connectivity index (χ4n) is 7.54. The van der Waals surface area contributed by atoms with Crippen LogP contribution in [0.3, 0.4) is 0 Å². The summed E-state index contributed by atoms with van der Waals surface area (Å²) in [6, 6.07) is 35.7. The summed E-state index contributed by atoms with van der Waals surface area (Å²) in [5.74, 6) is 2.99. The number of carbonyl (C=O) groups is 2. The van der Waals surface area contributed by atoms with Crippen molar-refractivity contribution in [2.24, 2.45) is 28.2 Å². The zero-order valence-electron chi connectivity index (χ0n) is 43.8. The van der Waals surface area contributed by atoms with Crippen LogP contribution < -0.4 is 10.6 Å². The first-order valence-corrected chi connectivity index (χ1v) is 26.2. The van der Waals surface area contributed by atoms with Crippen LogP contribution in [0.1, 0.15) is 88.5 Å². The van der Waals surface area contributed by atoms with E-state index in [1.807, 2.05) is 101 Å². The number of aryl methyl sites for hydroxylation is 4. The number of alkyl halides is 6. The van der Waals surface area contributed by atoms with Crippen LogP contribution in [0, 0.1) is 22.7 Å². The van der Waals surface area contributed by atoms with E-state index >= 15 is 0 Å². The molecule has 0 bridgehead atoms. The summed E-state index contributed by atoms with van der Waals surface area (Å²) in [4.78, 5) is 44.7. The van der Waals surface area contributed by atoms with Crippen LogP contribution in [0.5, 0.6) is 0 Å². The molecule has 0 atom stereocenters. The summed E-state index contributed by atoms with van der Waals surface area (Å²) >= 11 is 0. The van der Waals surface area contributed by atoms with E-state index in [0.29, 0.717) is 25.9 Å². The summed E-state index contributed by atoms with van der Waals surface area (Å²) < 4.78 is 126. The number of nitriles is 2. The number of fused-ring (bicyclic) bond motifs is 4. The van der Waals surface area contributed by atoms with E-state index in [2.05, 4.69) is 67.0 Å². The maximum absolute atomic E-state index is 12.6. The molecule has 4 aromatic heterocycles. The van der Waals surface area contributed by atoms with Crippen LogP contribution in [0.15, 0.2) is 97.1 Å². The van der Waals surface area contributed by atoms with Crippen LogP contribution in [0.25, 0.3) is 44.1 Å². The molecule has 0 aliphatic rings. The Morgan fingerprint density at radius 3 is 0.873 bits per heavy atom. The second-order valence-electron chi connectivity index (χ2n) is 16.5. The molecular weight excluding hydrogens is 1130 g/mol. The number of hydrogen-bond acceptors (Lipinski definition) is 14. The molecular formula is C50H56F6FeN12O8S2. The SMILES string of the molecule is CC#N.CC#N.CCCNC(=O)CC(c1nc2ccccc2n1C)c1nc2ccccc2n1C.CCCNC(=O)CC(c1nc2ccccc2n1C)c1nc2ccccc2n1C.O=S(=O)([O-])C(F)(F)F.O=S(=O)([O-])C(F)(F)F.[Fe+2]. The minimum absolute atomic E-state index is 0. The third-order valence-electron chi connectivity index (χ3n) is 11.0. The smallest absolute Gasteiger partial charge is 0.741 e. The molecule has 8 rings (SSSR count). The topological polar surface area (TPSA) is 291 Å². The van der Waals surface area contributed by atoms with Gasteiger partial charge >= 0.3 is 28.1 Å². The Bertz CT molecular complexity index is 3230. The first-order chi connectivity index (χ1) is 36.5. The van der Waals surface area contributed by atoms with Gasteiger partial charge in [0.25, 0.3) is 0 Å². The molecule has 29 heteroatoms. The number of imidazole rings is 4. The summed E-state index contributed by atoms with van der Waals surface area (Å²) in [7, 11) is -4.16. The van der Waals surface area contributed by atoms with E-state index < -0.39 is 31.3 Å². The summed E-state index contributed by atoms with van der Waals surface area (Å²) in [6.45, 7) is 8.32. The van der Waals surface area contributed by atoms with Crippen molar-refractivity contribution < 1.29 is 78.9 Å². The van der Waals surface area contributed by atoms with Gasteiger partial charge in [-0.1, -0.05) is 62.4 Å². The van der Waals surface area contributed by atoms with Crippen LogP contribution in [-0.4, -0.2) is 100 Å². The van der Waals surface area contributed by atoms with Gasteiger partial charge in [-0.05, 0) is 61.4 Å². The normalized spacial score (nSPS) is 11.2. The predicted octanol–water partition coefficient (Wildman–Crippen LogP) is 8.18. The second kappa shape index (κ2) is 30.1. The number of rotatable bonds is 12. The molecule has 0 unspecified atom stereocenters. The molecule has 79 heavy (non-hydrogen) atoms. The van der Waals surface area contributed by atoms with Crippen molar-refractivity contribution in [3.63, 3.8) is 0 Å². The fourth-order valence-corrected chi connectivity index (χ4v) is 7.54. The Morgan fingerprint density at radius 2 is 0.709 bits per heavy atom. The van der Waals surface area contributed by atoms with Gasteiger partial charge in [0.1, 0.15) is 23.3 Å². The first kappa shape index (κ1) is 67.7. The summed E-state index contributed by atoms with van der Waals surface area (Å²) in [5, 5.41) is 20.6. The number of benzene rings is 4. The van der Waals surface area contributed by atoms with Crippen molar-refractivity contribution in [1.82, 2.24) is 48.8 Å². The molecule has 0 spiro atoms. The van der Waals surface area contributed by atoms with Crippen molar-refractivity contribution in [3.05, 3.63) is 120 Å². The number of para-hydroxylation sites is 8. The Hall–Kier alpha value is -7.40. The molecule has 4 heterocycles. The Labute approximate surface area is 462 Å². The van der Waals surface area contributed by atoms with Gasteiger partial charge in [0.15, 0.2) is 20.2 Å². The third-order valence-corrected chi connectivity index (χ3v) is 12.2. The minimum atomic E-state index is -6.09. The van der Waals surface area contributed by atoms with Gasteiger partial charge in [-0.2, -0.15) is 36.9 Å². The van der Waals surface area contributed by atoms with Gasteiger partial charge in [-0.25, -0.2) is 36.8 Å². The van der Waals surface area contributed by atoms with Gasteiger partial charge in [0.2, 0.25) is 11.8 Å². The maximum Gasteiger partial charge on any atom is 2.00 e. The van der Waals surface area contributed by atoms with E-state index in [9.17, 15) is 35.9 Å². The standard InChI is InChI=1S/2C22H25N5O.2C2H3N.2CHF3O3S.Fe/c2*1-4-13-23-20(28)14-15(21-24-16-9-5-7-11-18(16)26(21)2)22-25-17-10-6-8-12-19(17)27(22)3;2*1-2-3;2*2-1(3,4)8(5,6)7;/h2*5-12,15H,4,13-14H2,1-3H3,(H,23,28);2*1H3;2*(H,5,6,7);/q;;;;;;+2/p-2. The maximum atomic E-state index is 12.6. The zero-order valence-corrected chi connectivity index (χ0v) is 46.5. The van der Waals surface area contributed by atoms with Crippen molar-refractivity contribution in [3.8, 4) is 12.1 Å². The van der Waals surface area contributed by atoms with E-state index in [0.717, 1.165) is 80.3 Å². The van der Waals surface area contributed by atoms with Crippen molar-refractivity contribution in [1.29, 1.82) is 10.5 Å². The third kappa shape index (κ3) is 18.3. The van der Waals surface area contributed by atoms with Crippen molar-refractivity contribution >= 4 is 76.2 Å². The molecule has 20 nitrogen and oxygen atoms in total. The van der Waals surface area contributed by atoms with Gasteiger partial charge in [-0.15, -0.1) is 0 Å². The largest absolute Gasteiger partial charge is 2.00 e. The molecule has 2 amide bonds. The zero-order chi connectivity index (χ0) is 58.8. The van der Waals surface area contributed by atoms with Gasteiger partial charge in [0.05, 0.1) is 68.1 Å². The summed E-state index contributed by atoms with van der Waals surface area (Å²) in [6.07, 6.45) is 2.45. The monoisotopic (exact) mass is 1190 g/mol. The molecule has 8 aromatic rings. The molecule has 0 saturated heterocycles. The molecule has 0 radical (unpaired) electrons. The number of amides is 2. The number of aromatic nitrogens is 8. The molecule has 4 aromatic carbocycles. The number of hydrogen-bond donors (Lipinski definition) is 2. The average molecular weight is 1190 g/mol. The number of nitrogens with zero attached hydrogens (tertiary/aromatic N) is 10. The Morgan fingerprint density at radius 1 is 0.519 bits per heavy atom. The van der Waals surface area contributed by atoms with E-state index in [1.165, 1.54) is 13.8 Å². The van der Waals surface area contributed by atoms with Crippen molar-refractivity contribution in [2.45, 2.75) is 76.2 Å². The van der Waals surface area contributed by atoms with E-state index in [1.54, 1.807) is 12.1 Å². The first-order valence-electron chi connectivity index (χ1n) is 23.4.